The minimum Gasteiger partial charge on any atom is -0.381 e. The maximum Gasteiger partial charge on any atom is 0.225 e. The largest absolute Gasteiger partial charge is 0.381 e. The Morgan fingerprint density at radius 3 is 3.04 bits per heavy atom. The van der Waals surface area contributed by atoms with Crippen molar-refractivity contribution < 1.29 is 4.74 Å². The maximum atomic E-state index is 5.61. The van der Waals surface area contributed by atoms with Gasteiger partial charge in [0.25, 0.3) is 0 Å². The van der Waals surface area contributed by atoms with Gasteiger partial charge in [0.05, 0.1) is 24.0 Å². The summed E-state index contributed by atoms with van der Waals surface area (Å²) in [6, 6.07) is 5.84. The third kappa shape index (κ3) is 2.16. The lowest BCUT2D eigenvalue weighted by atomic mass is 9.87. The summed E-state index contributed by atoms with van der Waals surface area (Å²) in [5.41, 5.74) is 3.11. The van der Waals surface area contributed by atoms with Gasteiger partial charge in [0.1, 0.15) is 0 Å². The van der Waals surface area contributed by atoms with Crippen LogP contribution in [0.15, 0.2) is 36.8 Å². The molecule has 3 aromatic rings. The summed E-state index contributed by atoms with van der Waals surface area (Å²) in [5, 5.41) is 8.51. The first kappa shape index (κ1) is 13.9. The third-order valence-corrected chi connectivity index (χ3v) is 5.13. The predicted octanol–water partition coefficient (Wildman–Crippen LogP) is 1.80. The van der Waals surface area contributed by atoms with Gasteiger partial charge in [-0.1, -0.05) is 0 Å². The lowest BCUT2D eigenvalue weighted by molar-refractivity contribution is 0.160. The summed E-state index contributed by atoms with van der Waals surface area (Å²) in [6.07, 6.45) is 7.66. The highest BCUT2D eigenvalue weighted by Crippen LogP contribution is 2.39. The third-order valence-electron chi connectivity index (χ3n) is 5.13. The molecule has 5 heterocycles. The summed E-state index contributed by atoms with van der Waals surface area (Å²) in [5.74, 6) is 0.791. The Morgan fingerprint density at radius 2 is 2.12 bits per heavy atom. The summed E-state index contributed by atoms with van der Waals surface area (Å²) in [7, 11) is 0. The van der Waals surface area contributed by atoms with E-state index >= 15 is 0 Å². The van der Waals surface area contributed by atoms with Gasteiger partial charge in [-0.2, -0.15) is 14.8 Å². The molecule has 3 aromatic heterocycles. The zero-order valence-electron chi connectivity index (χ0n) is 13.3. The summed E-state index contributed by atoms with van der Waals surface area (Å²) >= 11 is 0. The number of ether oxygens (including phenoxy) is 1. The van der Waals surface area contributed by atoms with Crippen molar-refractivity contribution in [2.75, 3.05) is 31.2 Å². The quantitative estimate of drug-likeness (QED) is 0.717. The van der Waals surface area contributed by atoms with Gasteiger partial charge in [-0.3, -0.25) is 0 Å². The zero-order chi connectivity index (χ0) is 16.0. The van der Waals surface area contributed by atoms with E-state index in [-0.39, 0.29) is 0 Å². The lowest BCUT2D eigenvalue weighted by Gasteiger charge is -2.22. The van der Waals surface area contributed by atoms with Crippen LogP contribution in [0.2, 0.25) is 0 Å². The average Bonchev–Trinajstić information content (AvgIpc) is 3.36. The van der Waals surface area contributed by atoms with Gasteiger partial charge in [-0.15, -0.1) is 0 Å². The highest BCUT2D eigenvalue weighted by atomic mass is 16.5. The highest BCUT2D eigenvalue weighted by Gasteiger charge is 2.42. The molecule has 1 spiro atoms. The van der Waals surface area contributed by atoms with Crippen molar-refractivity contribution in [3.8, 4) is 11.3 Å². The number of hydrogen-bond acceptors (Lipinski definition) is 6. The second-order valence-corrected chi connectivity index (χ2v) is 6.67. The van der Waals surface area contributed by atoms with Crippen LogP contribution in [-0.2, 0) is 4.74 Å². The van der Waals surface area contributed by atoms with Gasteiger partial charge < -0.3 is 9.64 Å². The van der Waals surface area contributed by atoms with Crippen molar-refractivity contribution in [1.29, 1.82) is 0 Å². The SMILES string of the molecule is c1cnn2ncc(-c3ccnc(N4CCC5(CCOC5)C4)n3)c2c1. The van der Waals surface area contributed by atoms with E-state index in [9.17, 15) is 0 Å². The van der Waals surface area contributed by atoms with Crippen LogP contribution >= 0.6 is 0 Å². The predicted molar refractivity (Wildman–Crippen MR) is 88.7 cm³/mol. The summed E-state index contributed by atoms with van der Waals surface area (Å²) in [6.45, 7) is 3.71. The Balaban J connectivity index is 1.49. The number of anilines is 1. The van der Waals surface area contributed by atoms with E-state index in [1.165, 1.54) is 0 Å². The van der Waals surface area contributed by atoms with E-state index in [2.05, 4.69) is 20.1 Å². The Morgan fingerprint density at radius 1 is 1.12 bits per heavy atom. The van der Waals surface area contributed by atoms with E-state index < -0.39 is 0 Å². The van der Waals surface area contributed by atoms with Crippen LogP contribution in [-0.4, -0.2) is 51.1 Å². The molecule has 122 valence electrons. The molecule has 0 radical (unpaired) electrons. The van der Waals surface area contributed by atoms with Crippen molar-refractivity contribution in [1.82, 2.24) is 24.8 Å². The molecule has 0 aliphatic carbocycles. The zero-order valence-corrected chi connectivity index (χ0v) is 13.3. The standard InChI is InChI=1S/C17H18N6O/c1-2-15-13(10-20-23(15)19-6-1)14-3-7-18-16(21-14)22-8-4-17(11-22)5-9-24-12-17/h1-3,6-7,10H,4-5,8-9,11-12H2. The fourth-order valence-corrected chi connectivity index (χ4v) is 3.76. The number of hydrogen-bond donors (Lipinski definition) is 0. The number of fused-ring (bicyclic) bond motifs is 1. The molecule has 0 amide bonds. The Hall–Kier alpha value is -2.54. The van der Waals surface area contributed by atoms with Gasteiger partial charge in [0.2, 0.25) is 5.95 Å². The average molecular weight is 322 g/mol. The molecule has 0 N–H and O–H groups in total. The van der Waals surface area contributed by atoms with Crippen LogP contribution in [0.5, 0.6) is 0 Å². The minimum atomic E-state index is 0.299. The van der Waals surface area contributed by atoms with E-state index in [0.29, 0.717) is 5.41 Å². The molecule has 24 heavy (non-hydrogen) atoms. The van der Waals surface area contributed by atoms with Gasteiger partial charge in [-0.25, -0.2) is 9.97 Å². The molecule has 2 aliphatic rings. The molecule has 5 rings (SSSR count). The smallest absolute Gasteiger partial charge is 0.225 e. The topological polar surface area (TPSA) is 68.4 Å². The molecule has 0 bridgehead atoms. The summed E-state index contributed by atoms with van der Waals surface area (Å²) < 4.78 is 7.23. The fourth-order valence-electron chi connectivity index (χ4n) is 3.76. The Kier molecular flexibility index (Phi) is 3.02. The van der Waals surface area contributed by atoms with E-state index in [0.717, 1.165) is 61.9 Å². The Labute approximate surface area is 139 Å². The van der Waals surface area contributed by atoms with E-state index in [1.54, 1.807) is 10.8 Å². The van der Waals surface area contributed by atoms with Crippen LogP contribution in [0.25, 0.3) is 16.8 Å². The monoisotopic (exact) mass is 322 g/mol. The number of nitrogens with zero attached hydrogens (tertiary/aromatic N) is 6. The van der Waals surface area contributed by atoms with Gasteiger partial charge in [-0.05, 0) is 31.0 Å². The summed E-state index contributed by atoms with van der Waals surface area (Å²) in [4.78, 5) is 11.6. The first-order chi connectivity index (χ1) is 11.8. The van der Waals surface area contributed by atoms with Crippen LogP contribution in [0.3, 0.4) is 0 Å². The minimum absolute atomic E-state index is 0.299. The van der Waals surface area contributed by atoms with Crippen molar-refractivity contribution in [2.24, 2.45) is 5.41 Å². The molecule has 2 fully saturated rings. The van der Waals surface area contributed by atoms with Crippen molar-refractivity contribution in [3.05, 3.63) is 36.8 Å². The maximum absolute atomic E-state index is 5.61. The van der Waals surface area contributed by atoms with Gasteiger partial charge >= 0.3 is 0 Å². The molecule has 2 aliphatic heterocycles. The van der Waals surface area contributed by atoms with Crippen LogP contribution in [0.4, 0.5) is 5.95 Å². The van der Waals surface area contributed by atoms with Crippen molar-refractivity contribution >= 4 is 11.5 Å². The van der Waals surface area contributed by atoms with Gasteiger partial charge in [0.15, 0.2) is 0 Å². The molecule has 7 nitrogen and oxygen atoms in total. The number of aromatic nitrogens is 5. The van der Waals surface area contributed by atoms with Gasteiger partial charge in [0, 0.05) is 43.1 Å². The fraction of sp³-hybridized carbons (Fsp3) is 0.412. The normalized spacial score (nSPS) is 23.6. The van der Waals surface area contributed by atoms with Crippen molar-refractivity contribution in [2.45, 2.75) is 12.8 Å². The molecule has 1 atom stereocenters. The van der Waals surface area contributed by atoms with Crippen LogP contribution in [0.1, 0.15) is 12.8 Å². The second-order valence-electron chi connectivity index (χ2n) is 6.67. The first-order valence-electron chi connectivity index (χ1n) is 8.28. The molecular weight excluding hydrogens is 304 g/mol. The molecule has 2 saturated heterocycles. The lowest BCUT2D eigenvalue weighted by Crippen LogP contribution is -2.28. The molecule has 0 saturated carbocycles. The van der Waals surface area contributed by atoms with E-state index in [1.807, 2.05) is 30.6 Å². The molecule has 0 aromatic carbocycles. The molecule has 1 unspecified atom stereocenters. The first-order valence-corrected chi connectivity index (χ1v) is 8.28. The van der Waals surface area contributed by atoms with E-state index in [4.69, 9.17) is 9.72 Å². The second kappa shape index (κ2) is 5.24. The Bertz CT molecular complexity index is 885. The number of rotatable bonds is 2. The van der Waals surface area contributed by atoms with Crippen LogP contribution in [0, 0.1) is 5.41 Å². The molecular formula is C17H18N6O. The van der Waals surface area contributed by atoms with Crippen molar-refractivity contribution in [3.63, 3.8) is 0 Å². The molecule has 7 heteroatoms. The van der Waals surface area contributed by atoms with Crippen LogP contribution < -0.4 is 4.90 Å². The highest BCUT2D eigenvalue weighted by molar-refractivity contribution is 5.77.